The second kappa shape index (κ2) is 5.34. The topological polar surface area (TPSA) is 78.1 Å². The highest BCUT2D eigenvalue weighted by Crippen LogP contribution is 2.26. The van der Waals surface area contributed by atoms with E-state index in [0.29, 0.717) is 11.0 Å². The van der Waals surface area contributed by atoms with Gasteiger partial charge >= 0.3 is 5.97 Å². The standard InChI is InChI=1S/C12H15N3O2S2/c1-12(2,3)17-8(16)6-19-11-14-9(13)7-4-5-18-10(7)15-11/h4-5H,6H2,1-3H3,(H2,13,14,15). The molecule has 0 aliphatic heterocycles. The number of nitrogen functional groups attached to an aromatic ring is 1. The average Bonchev–Trinajstić information content (AvgIpc) is 2.72. The minimum atomic E-state index is -0.477. The van der Waals surface area contributed by atoms with Crippen LogP contribution in [-0.4, -0.2) is 27.3 Å². The minimum Gasteiger partial charge on any atom is -0.459 e. The fourth-order valence-corrected chi connectivity index (χ4v) is 2.87. The molecule has 2 heterocycles. The Hall–Kier alpha value is -1.34. The van der Waals surface area contributed by atoms with Crippen molar-refractivity contribution in [2.45, 2.75) is 31.5 Å². The van der Waals surface area contributed by atoms with E-state index in [4.69, 9.17) is 10.5 Å². The van der Waals surface area contributed by atoms with Crippen molar-refractivity contribution in [1.82, 2.24) is 9.97 Å². The molecule has 7 heteroatoms. The summed E-state index contributed by atoms with van der Waals surface area (Å²) in [6.07, 6.45) is 0. The van der Waals surface area contributed by atoms with E-state index in [1.807, 2.05) is 32.2 Å². The summed E-state index contributed by atoms with van der Waals surface area (Å²) in [5, 5.41) is 3.27. The predicted octanol–water partition coefficient (Wildman–Crippen LogP) is 2.71. The number of thiophene rings is 1. The number of aromatic nitrogens is 2. The first kappa shape index (κ1) is 14.1. The highest BCUT2D eigenvalue weighted by Gasteiger charge is 2.17. The molecule has 0 aliphatic carbocycles. The highest BCUT2D eigenvalue weighted by molar-refractivity contribution is 7.99. The van der Waals surface area contributed by atoms with Crippen LogP contribution in [0.5, 0.6) is 0 Å². The molecular weight excluding hydrogens is 282 g/mol. The molecule has 5 nitrogen and oxygen atoms in total. The zero-order chi connectivity index (χ0) is 14.0. The number of nitrogens with two attached hydrogens (primary N) is 1. The molecule has 2 rings (SSSR count). The van der Waals surface area contributed by atoms with Crippen LogP contribution in [0, 0.1) is 0 Å². The van der Waals surface area contributed by atoms with Crippen LogP contribution in [0.25, 0.3) is 10.2 Å². The summed E-state index contributed by atoms with van der Waals surface area (Å²) in [4.78, 5) is 21.0. The van der Waals surface area contributed by atoms with Crippen molar-refractivity contribution in [2.75, 3.05) is 11.5 Å². The van der Waals surface area contributed by atoms with Gasteiger partial charge < -0.3 is 10.5 Å². The van der Waals surface area contributed by atoms with Gasteiger partial charge in [0, 0.05) is 0 Å². The third kappa shape index (κ3) is 3.81. The molecule has 0 unspecified atom stereocenters. The lowest BCUT2D eigenvalue weighted by atomic mass is 10.2. The van der Waals surface area contributed by atoms with Crippen molar-refractivity contribution in [3.05, 3.63) is 11.4 Å². The van der Waals surface area contributed by atoms with Crippen molar-refractivity contribution in [2.24, 2.45) is 0 Å². The summed E-state index contributed by atoms with van der Waals surface area (Å²) in [6, 6.07) is 1.89. The Morgan fingerprint density at radius 3 is 2.89 bits per heavy atom. The summed E-state index contributed by atoms with van der Waals surface area (Å²) < 4.78 is 5.22. The molecule has 102 valence electrons. The van der Waals surface area contributed by atoms with Crippen LogP contribution in [0.3, 0.4) is 0 Å². The van der Waals surface area contributed by atoms with E-state index in [0.717, 1.165) is 10.2 Å². The van der Waals surface area contributed by atoms with Crippen molar-refractivity contribution in [1.29, 1.82) is 0 Å². The molecule has 2 N–H and O–H groups in total. The molecular formula is C12H15N3O2S2. The second-order valence-corrected chi connectivity index (χ2v) is 6.74. The average molecular weight is 297 g/mol. The van der Waals surface area contributed by atoms with Gasteiger partial charge in [-0.15, -0.1) is 11.3 Å². The van der Waals surface area contributed by atoms with E-state index in [2.05, 4.69) is 9.97 Å². The van der Waals surface area contributed by atoms with Gasteiger partial charge in [0.1, 0.15) is 16.2 Å². The Bertz CT molecular complexity index is 605. The summed E-state index contributed by atoms with van der Waals surface area (Å²) in [6.45, 7) is 5.51. The van der Waals surface area contributed by atoms with Crippen LogP contribution in [0.15, 0.2) is 16.6 Å². The maximum Gasteiger partial charge on any atom is 0.316 e. The first-order chi connectivity index (χ1) is 8.85. The molecule has 0 saturated carbocycles. The second-order valence-electron chi connectivity index (χ2n) is 4.91. The molecule has 0 radical (unpaired) electrons. The number of nitrogens with zero attached hydrogens (tertiary/aromatic N) is 2. The van der Waals surface area contributed by atoms with Gasteiger partial charge in [-0.1, -0.05) is 11.8 Å². The number of thioether (sulfide) groups is 1. The van der Waals surface area contributed by atoms with Gasteiger partial charge in [0.05, 0.1) is 11.1 Å². The van der Waals surface area contributed by atoms with Crippen LogP contribution in [-0.2, 0) is 9.53 Å². The molecule has 0 fully saturated rings. The number of fused-ring (bicyclic) bond motifs is 1. The van der Waals surface area contributed by atoms with E-state index in [-0.39, 0.29) is 11.7 Å². The van der Waals surface area contributed by atoms with Gasteiger partial charge in [-0.2, -0.15) is 0 Å². The monoisotopic (exact) mass is 297 g/mol. The van der Waals surface area contributed by atoms with Crippen LogP contribution in [0.4, 0.5) is 5.82 Å². The first-order valence-electron chi connectivity index (χ1n) is 5.70. The van der Waals surface area contributed by atoms with Crippen LogP contribution in [0.2, 0.25) is 0 Å². The minimum absolute atomic E-state index is 0.174. The molecule has 19 heavy (non-hydrogen) atoms. The van der Waals surface area contributed by atoms with E-state index < -0.39 is 5.60 Å². The van der Waals surface area contributed by atoms with Gasteiger partial charge in [0.2, 0.25) is 0 Å². The van der Waals surface area contributed by atoms with Crippen LogP contribution in [0.1, 0.15) is 20.8 Å². The smallest absolute Gasteiger partial charge is 0.316 e. The number of anilines is 1. The van der Waals surface area contributed by atoms with Gasteiger partial charge in [-0.05, 0) is 32.2 Å². The number of hydrogen-bond donors (Lipinski definition) is 1. The maximum atomic E-state index is 11.6. The van der Waals surface area contributed by atoms with Crippen molar-refractivity contribution >= 4 is 45.1 Å². The zero-order valence-corrected chi connectivity index (χ0v) is 12.6. The van der Waals surface area contributed by atoms with E-state index in [9.17, 15) is 4.79 Å². The molecule has 0 spiro atoms. The van der Waals surface area contributed by atoms with Gasteiger partial charge in [0.25, 0.3) is 0 Å². The van der Waals surface area contributed by atoms with E-state index >= 15 is 0 Å². The number of ether oxygens (including phenoxy) is 1. The lowest BCUT2D eigenvalue weighted by Gasteiger charge is -2.19. The Balaban J connectivity index is 2.04. The molecule has 0 amide bonds. The van der Waals surface area contributed by atoms with Crippen molar-refractivity contribution < 1.29 is 9.53 Å². The van der Waals surface area contributed by atoms with Gasteiger partial charge in [0.15, 0.2) is 5.16 Å². The van der Waals surface area contributed by atoms with Crippen LogP contribution >= 0.6 is 23.1 Å². The summed E-state index contributed by atoms with van der Waals surface area (Å²) in [5.74, 6) is 0.331. The van der Waals surface area contributed by atoms with Gasteiger partial charge in [-0.25, -0.2) is 9.97 Å². The third-order valence-corrected chi connectivity index (χ3v) is 3.70. The summed E-state index contributed by atoms with van der Waals surface area (Å²) in [5.41, 5.74) is 5.36. The summed E-state index contributed by atoms with van der Waals surface area (Å²) >= 11 is 2.73. The van der Waals surface area contributed by atoms with Crippen LogP contribution < -0.4 is 5.73 Å². The van der Waals surface area contributed by atoms with Crippen molar-refractivity contribution in [3.63, 3.8) is 0 Å². The molecule has 2 aromatic heterocycles. The number of carbonyl (C=O) groups excluding carboxylic acids is 1. The zero-order valence-electron chi connectivity index (χ0n) is 11.0. The molecule has 0 aromatic carbocycles. The lowest BCUT2D eigenvalue weighted by Crippen LogP contribution is -2.25. The quantitative estimate of drug-likeness (QED) is 0.533. The number of carbonyl (C=O) groups is 1. The number of hydrogen-bond acceptors (Lipinski definition) is 7. The lowest BCUT2D eigenvalue weighted by molar-refractivity contribution is -0.151. The fraction of sp³-hybridized carbons (Fsp3) is 0.417. The number of esters is 1. The first-order valence-corrected chi connectivity index (χ1v) is 7.57. The molecule has 0 atom stereocenters. The normalized spacial score (nSPS) is 11.7. The van der Waals surface area contributed by atoms with E-state index in [1.54, 1.807) is 0 Å². The predicted molar refractivity (Wildman–Crippen MR) is 78.4 cm³/mol. The molecule has 2 aromatic rings. The Labute approximate surface area is 119 Å². The Kier molecular flexibility index (Phi) is 3.96. The highest BCUT2D eigenvalue weighted by atomic mass is 32.2. The maximum absolute atomic E-state index is 11.6. The number of rotatable bonds is 3. The SMILES string of the molecule is CC(C)(C)OC(=O)CSc1nc(N)c2ccsc2n1. The summed E-state index contributed by atoms with van der Waals surface area (Å²) in [7, 11) is 0. The van der Waals surface area contributed by atoms with Gasteiger partial charge in [-0.3, -0.25) is 4.79 Å². The molecule has 0 bridgehead atoms. The Morgan fingerprint density at radius 1 is 1.47 bits per heavy atom. The molecule has 0 aliphatic rings. The largest absolute Gasteiger partial charge is 0.459 e. The Morgan fingerprint density at radius 2 is 2.21 bits per heavy atom. The van der Waals surface area contributed by atoms with Crippen molar-refractivity contribution in [3.8, 4) is 0 Å². The van der Waals surface area contributed by atoms with E-state index in [1.165, 1.54) is 23.1 Å². The molecule has 0 saturated heterocycles. The fourth-order valence-electron chi connectivity index (χ4n) is 1.42. The third-order valence-electron chi connectivity index (χ3n) is 2.07.